The molecular formula is C22H23F3N4O5S. The lowest BCUT2D eigenvalue weighted by Gasteiger charge is -2.29. The van der Waals surface area contributed by atoms with E-state index < -0.39 is 29.9 Å². The van der Waals surface area contributed by atoms with E-state index in [1.165, 1.54) is 14.2 Å². The molecule has 35 heavy (non-hydrogen) atoms. The lowest BCUT2D eigenvalue weighted by atomic mass is 9.94. The van der Waals surface area contributed by atoms with Crippen LogP contribution in [0.4, 0.5) is 18.0 Å². The smallest absolute Gasteiger partial charge is 0.433 e. The molecule has 0 saturated carbocycles. The number of thioether (sulfide) groups is 1. The Morgan fingerprint density at radius 2 is 2.00 bits per heavy atom. The van der Waals surface area contributed by atoms with Gasteiger partial charge in [-0.2, -0.15) is 13.2 Å². The highest BCUT2D eigenvalue weighted by Crippen LogP contribution is 2.33. The number of urea groups is 1. The zero-order valence-corrected chi connectivity index (χ0v) is 19.9. The number of rotatable bonds is 9. The number of aromatic nitrogens is 2. The van der Waals surface area contributed by atoms with E-state index in [1.807, 2.05) is 0 Å². The SMILES string of the molecule is CCOC(=O)C1=C(CSc2nccc(C(F)(F)F)n2)NC(=O)N[C@H]1c1ccc(OC)c(COC)c1. The van der Waals surface area contributed by atoms with Crippen molar-refractivity contribution in [1.82, 2.24) is 20.6 Å². The fourth-order valence-electron chi connectivity index (χ4n) is 3.38. The molecule has 2 heterocycles. The molecule has 0 radical (unpaired) electrons. The van der Waals surface area contributed by atoms with Gasteiger partial charge in [0.15, 0.2) is 5.16 Å². The Hall–Kier alpha value is -3.32. The first-order chi connectivity index (χ1) is 16.7. The number of ether oxygens (including phenoxy) is 3. The number of benzene rings is 1. The molecule has 3 rings (SSSR count). The van der Waals surface area contributed by atoms with Gasteiger partial charge in [0.25, 0.3) is 0 Å². The molecular weight excluding hydrogens is 489 g/mol. The van der Waals surface area contributed by atoms with Gasteiger partial charge in [-0.05, 0) is 30.7 Å². The van der Waals surface area contributed by atoms with Crippen molar-refractivity contribution in [2.45, 2.75) is 30.9 Å². The molecule has 1 aromatic carbocycles. The maximum Gasteiger partial charge on any atom is 0.433 e. The van der Waals surface area contributed by atoms with Crippen molar-refractivity contribution in [3.63, 3.8) is 0 Å². The Kier molecular flexibility index (Phi) is 8.57. The summed E-state index contributed by atoms with van der Waals surface area (Å²) >= 11 is 0.843. The van der Waals surface area contributed by atoms with Gasteiger partial charge < -0.3 is 24.8 Å². The Morgan fingerprint density at radius 3 is 2.66 bits per heavy atom. The summed E-state index contributed by atoms with van der Waals surface area (Å²) in [6.07, 6.45) is -3.63. The van der Waals surface area contributed by atoms with Crippen LogP contribution in [0.3, 0.4) is 0 Å². The summed E-state index contributed by atoms with van der Waals surface area (Å²) in [6.45, 7) is 1.94. The van der Waals surface area contributed by atoms with E-state index in [0.29, 0.717) is 16.9 Å². The average Bonchev–Trinajstić information content (AvgIpc) is 2.82. The molecule has 0 fully saturated rings. The van der Waals surface area contributed by atoms with Gasteiger partial charge in [0, 0.05) is 30.3 Å². The molecule has 0 unspecified atom stereocenters. The Bertz CT molecular complexity index is 1130. The maximum absolute atomic E-state index is 13.0. The van der Waals surface area contributed by atoms with Gasteiger partial charge in [-0.1, -0.05) is 17.8 Å². The Morgan fingerprint density at radius 1 is 1.23 bits per heavy atom. The number of alkyl halides is 3. The summed E-state index contributed by atoms with van der Waals surface area (Å²) in [4.78, 5) is 32.7. The van der Waals surface area contributed by atoms with E-state index in [9.17, 15) is 22.8 Å². The molecule has 0 aliphatic carbocycles. The molecule has 1 aromatic heterocycles. The summed E-state index contributed by atoms with van der Waals surface area (Å²) in [5.74, 6) is -0.204. The number of hydrogen-bond acceptors (Lipinski definition) is 8. The van der Waals surface area contributed by atoms with Gasteiger partial charge >= 0.3 is 18.2 Å². The third-order valence-corrected chi connectivity index (χ3v) is 5.74. The molecule has 0 spiro atoms. The van der Waals surface area contributed by atoms with E-state index >= 15 is 0 Å². The van der Waals surface area contributed by atoms with Crippen LogP contribution in [0.5, 0.6) is 5.75 Å². The van der Waals surface area contributed by atoms with E-state index in [-0.39, 0.29) is 35.4 Å². The van der Waals surface area contributed by atoms with Crippen LogP contribution in [0.1, 0.15) is 29.8 Å². The lowest BCUT2D eigenvalue weighted by molar-refractivity contribution is -0.141. The van der Waals surface area contributed by atoms with Crippen LogP contribution in [0, 0.1) is 0 Å². The minimum atomic E-state index is -4.63. The summed E-state index contributed by atoms with van der Waals surface area (Å²) < 4.78 is 54.7. The number of nitrogens with one attached hydrogen (secondary N) is 2. The van der Waals surface area contributed by atoms with Gasteiger partial charge in [-0.25, -0.2) is 19.6 Å². The zero-order chi connectivity index (χ0) is 25.6. The Balaban J connectivity index is 2.00. The van der Waals surface area contributed by atoms with Crippen molar-refractivity contribution in [3.8, 4) is 5.75 Å². The summed E-state index contributed by atoms with van der Waals surface area (Å²) in [7, 11) is 3.03. The normalized spacial score (nSPS) is 15.9. The average molecular weight is 513 g/mol. The molecule has 0 saturated heterocycles. The number of halogens is 3. The zero-order valence-electron chi connectivity index (χ0n) is 19.1. The second-order valence-electron chi connectivity index (χ2n) is 7.16. The molecule has 2 N–H and O–H groups in total. The predicted molar refractivity (Wildman–Crippen MR) is 120 cm³/mol. The second-order valence-corrected chi connectivity index (χ2v) is 8.10. The molecule has 13 heteroatoms. The molecule has 1 atom stereocenters. The van der Waals surface area contributed by atoms with Crippen molar-refractivity contribution in [2.24, 2.45) is 0 Å². The minimum absolute atomic E-state index is 0.0811. The molecule has 1 aliphatic rings. The quantitative estimate of drug-likeness (QED) is 0.298. The molecule has 1 aliphatic heterocycles. The van der Waals surface area contributed by atoms with Crippen LogP contribution in [-0.2, 0) is 27.1 Å². The molecule has 9 nitrogen and oxygen atoms in total. The van der Waals surface area contributed by atoms with Gasteiger partial charge in [0.05, 0.1) is 31.9 Å². The number of carbonyl (C=O) groups is 2. The fourth-order valence-corrected chi connectivity index (χ4v) is 4.18. The first-order valence-electron chi connectivity index (χ1n) is 10.3. The molecule has 188 valence electrons. The van der Waals surface area contributed by atoms with Crippen molar-refractivity contribution in [1.29, 1.82) is 0 Å². The highest BCUT2D eigenvalue weighted by molar-refractivity contribution is 7.99. The third-order valence-electron chi connectivity index (χ3n) is 4.86. The monoisotopic (exact) mass is 512 g/mol. The van der Waals surface area contributed by atoms with Gasteiger partial charge in [0.2, 0.25) is 0 Å². The van der Waals surface area contributed by atoms with Crippen molar-refractivity contribution in [3.05, 3.63) is 58.6 Å². The number of carbonyl (C=O) groups excluding carboxylic acids is 2. The number of amides is 2. The van der Waals surface area contributed by atoms with Crippen molar-refractivity contribution < 1.29 is 37.0 Å². The topological polar surface area (TPSA) is 112 Å². The number of methoxy groups -OCH3 is 2. The fraction of sp³-hybridized carbons (Fsp3) is 0.364. The lowest BCUT2D eigenvalue weighted by Crippen LogP contribution is -2.46. The maximum atomic E-state index is 13.0. The second kappa shape index (κ2) is 11.4. The first-order valence-corrected chi connectivity index (χ1v) is 11.3. The van der Waals surface area contributed by atoms with Crippen molar-refractivity contribution >= 4 is 23.8 Å². The minimum Gasteiger partial charge on any atom is -0.496 e. The van der Waals surface area contributed by atoms with Crippen molar-refractivity contribution in [2.75, 3.05) is 26.6 Å². The molecule has 2 aromatic rings. The number of esters is 1. The van der Waals surface area contributed by atoms with Crippen LogP contribution < -0.4 is 15.4 Å². The van der Waals surface area contributed by atoms with Crippen LogP contribution in [0.2, 0.25) is 0 Å². The molecule has 0 bridgehead atoms. The van der Waals surface area contributed by atoms with E-state index in [1.54, 1.807) is 25.1 Å². The van der Waals surface area contributed by atoms with Gasteiger partial charge in [-0.15, -0.1) is 0 Å². The van der Waals surface area contributed by atoms with E-state index in [2.05, 4.69) is 20.6 Å². The van der Waals surface area contributed by atoms with Crippen LogP contribution in [0.15, 0.2) is 46.9 Å². The summed E-state index contributed by atoms with van der Waals surface area (Å²) in [5.41, 5.74) is 0.447. The van der Waals surface area contributed by atoms with E-state index in [0.717, 1.165) is 24.0 Å². The third kappa shape index (κ3) is 6.42. The first kappa shape index (κ1) is 26.3. The highest BCUT2D eigenvalue weighted by atomic mass is 32.2. The predicted octanol–water partition coefficient (Wildman–Crippen LogP) is 3.61. The van der Waals surface area contributed by atoms with Crippen LogP contribution in [-0.4, -0.2) is 48.5 Å². The standard InChI is InChI=1S/C22H23F3N4O5S/c1-4-34-19(30)17-14(11-35-21-26-8-7-16(28-21)22(23,24)25)27-20(31)29-18(17)12-5-6-15(33-3)13(9-12)10-32-2/h5-9,18H,4,10-11H2,1-3H3,(H2,27,29,31)/t18-/m0/s1. The van der Waals surface area contributed by atoms with E-state index in [4.69, 9.17) is 14.2 Å². The Labute approximate surface area is 203 Å². The summed E-state index contributed by atoms with van der Waals surface area (Å²) in [5, 5.41) is 5.11. The number of hydrogen-bond donors (Lipinski definition) is 2. The van der Waals surface area contributed by atoms with Gasteiger partial charge in [0.1, 0.15) is 11.4 Å². The number of nitrogens with zero attached hydrogens (tertiary/aromatic N) is 2. The summed E-state index contributed by atoms with van der Waals surface area (Å²) in [6, 6.07) is 4.39. The molecule has 2 amide bonds. The largest absolute Gasteiger partial charge is 0.496 e. The van der Waals surface area contributed by atoms with Gasteiger partial charge in [-0.3, -0.25) is 0 Å². The van der Waals surface area contributed by atoms with Crippen LogP contribution in [0.25, 0.3) is 0 Å². The highest BCUT2D eigenvalue weighted by Gasteiger charge is 2.35. The van der Waals surface area contributed by atoms with Crippen LogP contribution >= 0.6 is 11.8 Å².